The van der Waals surface area contributed by atoms with Gasteiger partial charge < -0.3 is 14.8 Å². The number of aryl methyl sites for hydroxylation is 1. The normalized spacial score (nSPS) is 14.7. The summed E-state index contributed by atoms with van der Waals surface area (Å²) in [6, 6.07) is 19.3. The third-order valence-electron chi connectivity index (χ3n) is 5.10. The maximum absolute atomic E-state index is 12.7. The summed E-state index contributed by atoms with van der Waals surface area (Å²) in [5.41, 5.74) is 3.07. The molecule has 1 heterocycles. The number of amides is 2. The highest BCUT2D eigenvalue weighted by molar-refractivity contribution is 9.10. The zero-order valence-corrected chi connectivity index (χ0v) is 20.8. The molecule has 35 heavy (non-hydrogen) atoms. The number of esters is 1. The number of hydrogen-bond donors (Lipinski definition) is 1. The number of halogens is 1. The summed E-state index contributed by atoms with van der Waals surface area (Å²) in [4.78, 5) is 36.6. The lowest BCUT2D eigenvalue weighted by atomic mass is 10.1. The minimum atomic E-state index is -0.873. The number of rotatable bonds is 5. The Morgan fingerprint density at radius 1 is 1.03 bits per heavy atom. The maximum atomic E-state index is 12.7. The smallest absolute Gasteiger partial charge is 0.308 e. The summed E-state index contributed by atoms with van der Waals surface area (Å²) >= 11 is 3.40. The minimum Gasteiger partial charge on any atom is -0.446 e. The molecule has 1 aliphatic rings. The van der Waals surface area contributed by atoms with Crippen LogP contribution in [0.5, 0.6) is 5.75 Å². The molecule has 0 saturated heterocycles. The van der Waals surface area contributed by atoms with Gasteiger partial charge >= 0.3 is 5.97 Å². The molecule has 9 heteroatoms. The van der Waals surface area contributed by atoms with Gasteiger partial charge in [-0.05, 0) is 49.4 Å². The fourth-order valence-electron chi connectivity index (χ4n) is 3.56. The molecule has 178 valence electrons. The second kappa shape index (κ2) is 10.1. The average Bonchev–Trinajstić information content (AvgIpc) is 3.26. The van der Waals surface area contributed by atoms with Gasteiger partial charge in [0, 0.05) is 35.1 Å². The Hall–Kier alpha value is -3.98. The molecule has 4 rings (SSSR count). The summed E-state index contributed by atoms with van der Waals surface area (Å²) in [7, 11) is 0. The van der Waals surface area contributed by atoms with Crippen molar-refractivity contribution < 1.29 is 23.9 Å². The molecule has 0 bridgehead atoms. The third-order valence-corrected chi connectivity index (χ3v) is 5.60. The molecule has 0 fully saturated rings. The van der Waals surface area contributed by atoms with Crippen molar-refractivity contribution in [1.29, 1.82) is 0 Å². The highest BCUT2D eigenvalue weighted by Gasteiger charge is 2.34. The zero-order chi connectivity index (χ0) is 25.1. The standard InChI is InChI=1S/C26H22BrN3O5/c1-15-6-4-7-18(12-15)24(33)28-21-9-5-8-19(13-21)26-30(16(2)31)29-25(35-26)22-14-20(27)10-11-23(22)34-17(3)32/h4-14,26H,1-3H3,(H,28,33)/t26-/m0/s1. The summed E-state index contributed by atoms with van der Waals surface area (Å²) in [5.74, 6) is -0.717. The van der Waals surface area contributed by atoms with Crippen molar-refractivity contribution in [2.24, 2.45) is 5.10 Å². The SMILES string of the molecule is CC(=O)Oc1ccc(Br)cc1C1=NN(C(C)=O)[C@H](c2cccc(NC(=O)c3cccc(C)c3)c2)O1. The summed E-state index contributed by atoms with van der Waals surface area (Å²) in [6.45, 7) is 4.59. The van der Waals surface area contributed by atoms with Crippen molar-refractivity contribution in [2.75, 3.05) is 5.32 Å². The highest BCUT2D eigenvalue weighted by atomic mass is 79.9. The second-order valence-corrected chi connectivity index (χ2v) is 8.84. The molecule has 8 nitrogen and oxygen atoms in total. The van der Waals surface area contributed by atoms with Gasteiger partial charge in [0.05, 0.1) is 5.56 Å². The number of hydrazone groups is 1. The Labute approximate surface area is 210 Å². The Morgan fingerprint density at radius 3 is 2.51 bits per heavy atom. The second-order valence-electron chi connectivity index (χ2n) is 7.92. The fraction of sp³-hybridized carbons (Fsp3) is 0.154. The molecule has 3 aromatic rings. The molecule has 3 aromatic carbocycles. The first-order chi connectivity index (χ1) is 16.7. The van der Waals surface area contributed by atoms with Gasteiger partial charge in [0.2, 0.25) is 18.0 Å². The number of nitrogens with zero attached hydrogens (tertiary/aromatic N) is 2. The van der Waals surface area contributed by atoms with Crippen LogP contribution in [0, 0.1) is 6.92 Å². The van der Waals surface area contributed by atoms with E-state index in [1.54, 1.807) is 54.6 Å². The van der Waals surface area contributed by atoms with Gasteiger partial charge in [-0.15, -0.1) is 5.10 Å². The fourth-order valence-corrected chi connectivity index (χ4v) is 3.93. The predicted octanol–water partition coefficient (Wildman–Crippen LogP) is 5.17. The first-order valence-corrected chi connectivity index (χ1v) is 11.5. The lowest BCUT2D eigenvalue weighted by molar-refractivity contribution is -0.135. The molecule has 1 N–H and O–H groups in total. The van der Waals surface area contributed by atoms with Gasteiger partial charge in [-0.25, -0.2) is 0 Å². The van der Waals surface area contributed by atoms with Crippen molar-refractivity contribution in [2.45, 2.75) is 27.0 Å². The first kappa shape index (κ1) is 24.2. The van der Waals surface area contributed by atoms with Crippen molar-refractivity contribution in [3.8, 4) is 5.75 Å². The maximum Gasteiger partial charge on any atom is 0.308 e. The van der Waals surface area contributed by atoms with Gasteiger partial charge in [0.15, 0.2) is 0 Å². The van der Waals surface area contributed by atoms with Crippen LogP contribution in [-0.2, 0) is 14.3 Å². The number of ether oxygens (including phenoxy) is 2. The number of hydrogen-bond acceptors (Lipinski definition) is 6. The number of anilines is 1. The van der Waals surface area contributed by atoms with E-state index in [1.807, 2.05) is 19.1 Å². The van der Waals surface area contributed by atoms with Gasteiger partial charge in [-0.3, -0.25) is 14.4 Å². The van der Waals surface area contributed by atoms with Gasteiger partial charge in [-0.2, -0.15) is 5.01 Å². The van der Waals surface area contributed by atoms with Crippen LogP contribution >= 0.6 is 15.9 Å². The quantitative estimate of drug-likeness (QED) is 0.358. The van der Waals surface area contributed by atoms with Crippen molar-refractivity contribution in [3.05, 3.63) is 93.5 Å². The Kier molecular flexibility index (Phi) is 6.97. The van der Waals surface area contributed by atoms with E-state index < -0.39 is 12.2 Å². The molecule has 0 saturated carbocycles. The minimum absolute atomic E-state index is 0.122. The van der Waals surface area contributed by atoms with E-state index in [9.17, 15) is 14.4 Å². The molecule has 0 radical (unpaired) electrons. The molecule has 2 amide bonds. The number of nitrogens with one attached hydrogen (secondary N) is 1. The molecular formula is C26H22BrN3O5. The van der Waals surface area contributed by atoms with Crippen LogP contribution in [0.2, 0.25) is 0 Å². The van der Waals surface area contributed by atoms with E-state index in [4.69, 9.17) is 9.47 Å². The average molecular weight is 536 g/mol. The van der Waals surface area contributed by atoms with Crippen LogP contribution in [-0.4, -0.2) is 28.7 Å². The summed E-state index contributed by atoms with van der Waals surface area (Å²) in [5, 5.41) is 8.43. The molecule has 0 spiro atoms. The first-order valence-electron chi connectivity index (χ1n) is 10.7. The molecule has 1 atom stereocenters. The van der Waals surface area contributed by atoms with Crippen LogP contribution in [0.3, 0.4) is 0 Å². The molecular weight excluding hydrogens is 514 g/mol. The van der Waals surface area contributed by atoms with Gasteiger partial charge in [0.1, 0.15) is 5.75 Å². The van der Waals surface area contributed by atoms with Crippen molar-refractivity contribution >= 4 is 45.3 Å². The molecule has 0 aliphatic carbocycles. The monoisotopic (exact) mass is 535 g/mol. The van der Waals surface area contributed by atoms with Gasteiger partial charge in [-0.1, -0.05) is 45.8 Å². The summed E-state index contributed by atoms with van der Waals surface area (Å²) < 4.78 is 12.1. The van der Waals surface area contributed by atoms with E-state index in [0.29, 0.717) is 26.9 Å². The van der Waals surface area contributed by atoms with E-state index in [2.05, 4.69) is 26.3 Å². The number of carbonyl (C=O) groups excluding carboxylic acids is 3. The number of carbonyl (C=O) groups is 3. The topological polar surface area (TPSA) is 97.3 Å². The van der Waals surface area contributed by atoms with E-state index in [1.165, 1.54) is 18.9 Å². The van der Waals surface area contributed by atoms with E-state index in [-0.39, 0.29) is 23.5 Å². The lowest BCUT2D eigenvalue weighted by Crippen LogP contribution is -2.25. The Morgan fingerprint density at radius 2 is 1.80 bits per heavy atom. The largest absolute Gasteiger partial charge is 0.446 e. The van der Waals surface area contributed by atoms with Crippen LogP contribution in [0.1, 0.15) is 47.1 Å². The molecule has 1 aliphatic heterocycles. The van der Waals surface area contributed by atoms with E-state index in [0.717, 1.165) is 5.56 Å². The van der Waals surface area contributed by atoms with Crippen LogP contribution in [0.15, 0.2) is 76.3 Å². The van der Waals surface area contributed by atoms with E-state index >= 15 is 0 Å². The predicted molar refractivity (Wildman–Crippen MR) is 134 cm³/mol. The Balaban J connectivity index is 1.62. The van der Waals surface area contributed by atoms with Crippen LogP contribution < -0.4 is 10.1 Å². The zero-order valence-electron chi connectivity index (χ0n) is 19.2. The lowest BCUT2D eigenvalue weighted by Gasteiger charge is -2.20. The summed E-state index contributed by atoms with van der Waals surface area (Å²) in [6.07, 6.45) is -0.873. The molecule has 0 unspecified atom stereocenters. The van der Waals surface area contributed by atoms with Crippen molar-refractivity contribution in [1.82, 2.24) is 5.01 Å². The Bertz CT molecular complexity index is 1350. The van der Waals surface area contributed by atoms with Crippen molar-refractivity contribution in [3.63, 3.8) is 0 Å². The molecule has 0 aromatic heterocycles. The third kappa shape index (κ3) is 5.58. The number of benzene rings is 3. The highest BCUT2D eigenvalue weighted by Crippen LogP contribution is 2.34. The van der Waals surface area contributed by atoms with Crippen LogP contribution in [0.4, 0.5) is 5.69 Å². The van der Waals surface area contributed by atoms with Crippen LogP contribution in [0.25, 0.3) is 0 Å². The van der Waals surface area contributed by atoms with Gasteiger partial charge in [0.25, 0.3) is 5.91 Å².